The van der Waals surface area contributed by atoms with Crippen LogP contribution in [0.1, 0.15) is 46.0 Å². The molecule has 2 nitrogen and oxygen atoms in total. The molecule has 0 bridgehead atoms. The Balaban J connectivity index is 2.50. The number of rotatable bonds is 6. The van der Waals surface area contributed by atoms with Gasteiger partial charge in [-0.25, -0.2) is 0 Å². The van der Waals surface area contributed by atoms with Gasteiger partial charge in [-0.05, 0) is 25.2 Å². The lowest BCUT2D eigenvalue weighted by Gasteiger charge is -2.14. The minimum absolute atomic E-state index is 0.522. The average molecular weight is 209 g/mol. The van der Waals surface area contributed by atoms with Crippen LogP contribution >= 0.6 is 0 Å². The maximum atomic E-state index is 5.23. The summed E-state index contributed by atoms with van der Waals surface area (Å²) >= 11 is 0. The molecule has 86 valence electrons. The molecule has 0 heterocycles. The van der Waals surface area contributed by atoms with Gasteiger partial charge in [-0.15, -0.1) is 0 Å². The zero-order valence-electron chi connectivity index (χ0n) is 10.0. The van der Waals surface area contributed by atoms with E-state index in [4.69, 9.17) is 4.84 Å². The van der Waals surface area contributed by atoms with Crippen LogP contribution in [0.5, 0.6) is 0 Å². The molecule has 1 aliphatic carbocycles. The molecular formula is C13H23NO. The van der Waals surface area contributed by atoms with Crippen LogP contribution in [0.3, 0.4) is 0 Å². The molecule has 2 heteroatoms. The highest BCUT2D eigenvalue weighted by Gasteiger charge is 2.21. The minimum Gasteiger partial charge on any atom is -0.392 e. The van der Waals surface area contributed by atoms with Gasteiger partial charge >= 0.3 is 0 Å². The van der Waals surface area contributed by atoms with Gasteiger partial charge in [0.05, 0.1) is 5.71 Å². The zero-order chi connectivity index (χ0) is 11.1. The van der Waals surface area contributed by atoms with Gasteiger partial charge in [-0.2, -0.15) is 0 Å². The van der Waals surface area contributed by atoms with Crippen LogP contribution in [-0.4, -0.2) is 12.3 Å². The molecule has 0 spiro atoms. The third kappa shape index (κ3) is 4.50. The summed E-state index contributed by atoms with van der Waals surface area (Å²) in [5.41, 5.74) is 1.27. The highest BCUT2D eigenvalue weighted by Crippen LogP contribution is 2.28. The molecule has 1 aliphatic rings. The molecule has 0 amide bonds. The Morgan fingerprint density at radius 1 is 1.47 bits per heavy atom. The van der Waals surface area contributed by atoms with Gasteiger partial charge < -0.3 is 4.84 Å². The van der Waals surface area contributed by atoms with Gasteiger partial charge in [-0.1, -0.05) is 44.5 Å². The van der Waals surface area contributed by atoms with E-state index in [1.54, 1.807) is 6.08 Å². The molecule has 0 aromatic carbocycles. The van der Waals surface area contributed by atoms with Gasteiger partial charge in [0.2, 0.25) is 0 Å². The molecule has 0 unspecified atom stereocenters. The summed E-state index contributed by atoms with van der Waals surface area (Å²) < 4.78 is 0. The fourth-order valence-corrected chi connectivity index (χ4v) is 2.13. The van der Waals surface area contributed by atoms with E-state index in [1.165, 1.54) is 31.4 Å². The summed E-state index contributed by atoms with van der Waals surface area (Å²) in [6.45, 7) is 8.61. The Bertz CT molecular complexity index is 215. The second kappa shape index (κ2) is 6.65. The smallest absolute Gasteiger partial charge is 0.135 e. The van der Waals surface area contributed by atoms with Crippen molar-refractivity contribution in [3.63, 3.8) is 0 Å². The minimum atomic E-state index is 0.522. The molecule has 0 N–H and O–H groups in total. The molecule has 15 heavy (non-hydrogen) atoms. The van der Waals surface area contributed by atoms with E-state index in [9.17, 15) is 0 Å². The van der Waals surface area contributed by atoms with Crippen LogP contribution in [0, 0.1) is 11.8 Å². The molecule has 0 aromatic rings. The fraction of sp³-hybridized carbons (Fsp3) is 0.769. The first-order valence-corrected chi connectivity index (χ1v) is 6.03. The largest absolute Gasteiger partial charge is 0.392 e. The highest BCUT2D eigenvalue weighted by atomic mass is 16.6. The Kier molecular flexibility index (Phi) is 5.44. The van der Waals surface area contributed by atoms with E-state index in [2.05, 4.69) is 25.6 Å². The van der Waals surface area contributed by atoms with Crippen LogP contribution in [-0.2, 0) is 4.84 Å². The highest BCUT2D eigenvalue weighted by molar-refractivity contribution is 5.86. The van der Waals surface area contributed by atoms with Crippen LogP contribution in [0.2, 0.25) is 0 Å². The molecule has 1 fully saturated rings. The van der Waals surface area contributed by atoms with Crippen LogP contribution < -0.4 is 0 Å². The molecule has 0 radical (unpaired) electrons. The van der Waals surface area contributed by atoms with Crippen molar-refractivity contribution >= 4 is 5.71 Å². The number of hydrogen-bond donors (Lipinski definition) is 0. The van der Waals surface area contributed by atoms with Crippen molar-refractivity contribution in [3.05, 3.63) is 12.7 Å². The van der Waals surface area contributed by atoms with Crippen LogP contribution in [0.15, 0.2) is 17.8 Å². The topological polar surface area (TPSA) is 21.6 Å². The molecule has 1 saturated carbocycles. The number of oxime groups is 1. The maximum absolute atomic E-state index is 5.23. The standard InChI is InChI=1S/C13H23NO/c1-4-9-15-14-13(10-11(2)3)12-7-5-6-8-12/h4,11-12H,1,5-10H2,2-3H3/b14-13+. The second-order valence-electron chi connectivity index (χ2n) is 4.75. The Morgan fingerprint density at radius 3 is 2.67 bits per heavy atom. The predicted molar refractivity (Wildman–Crippen MR) is 65.0 cm³/mol. The molecule has 0 saturated heterocycles. The maximum Gasteiger partial charge on any atom is 0.135 e. The molecule has 0 aliphatic heterocycles. The SMILES string of the molecule is C=CCO/N=C(\CC(C)C)C1CCCC1. The predicted octanol–water partition coefficient (Wildman–Crippen LogP) is 3.78. The lowest BCUT2D eigenvalue weighted by Crippen LogP contribution is -2.14. The summed E-state index contributed by atoms with van der Waals surface area (Å²) in [7, 11) is 0. The first-order valence-electron chi connectivity index (χ1n) is 6.03. The normalized spacial score (nSPS) is 18.5. The van der Waals surface area contributed by atoms with Gasteiger partial charge in [0.25, 0.3) is 0 Å². The second-order valence-corrected chi connectivity index (χ2v) is 4.75. The summed E-state index contributed by atoms with van der Waals surface area (Å²) in [5, 5.41) is 4.28. The lowest BCUT2D eigenvalue weighted by atomic mass is 9.94. The van der Waals surface area contributed by atoms with Crippen molar-refractivity contribution in [1.29, 1.82) is 0 Å². The van der Waals surface area contributed by atoms with Crippen molar-refractivity contribution in [1.82, 2.24) is 0 Å². The summed E-state index contributed by atoms with van der Waals surface area (Å²) in [4.78, 5) is 5.23. The molecule has 0 aromatic heterocycles. The van der Waals surface area contributed by atoms with Crippen molar-refractivity contribution in [2.75, 3.05) is 6.61 Å². The average Bonchev–Trinajstić information content (AvgIpc) is 2.68. The number of nitrogens with zero attached hydrogens (tertiary/aromatic N) is 1. The Hall–Kier alpha value is -0.790. The van der Waals surface area contributed by atoms with Crippen molar-refractivity contribution in [3.8, 4) is 0 Å². The van der Waals surface area contributed by atoms with Gasteiger partial charge in [0.1, 0.15) is 6.61 Å². The van der Waals surface area contributed by atoms with Crippen LogP contribution in [0.25, 0.3) is 0 Å². The zero-order valence-corrected chi connectivity index (χ0v) is 10.0. The van der Waals surface area contributed by atoms with Gasteiger partial charge in [-0.3, -0.25) is 0 Å². The van der Waals surface area contributed by atoms with E-state index in [0.29, 0.717) is 18.4 Å². The molecule has 0 atom stereocenters. The quantitative estimate of drug-likeness (QED) is 0.282. The Labute approximate surface area is 93.4 Å². The van der Waals surface area contributed by atoms with E-state index in [-0.39, 0.29) is 0 Å². The summed E-state index contributed by atoms with van der Waals surface area (Å²) in [5.74, 6) is 1.34. The molecule has 1 rings (SSSR count). The van der Waals surface area contributed by atoms with Crippen molar-refractivity contribution in [2.24, 2.45) is 17.0 Å². The van der Waals surface area contributed by atoms with E-state index in [1.807, 2.05) is 0 Å². The number of hydrogen-bond acceptors (Lipinski definition) is 2. The van der Waals surface area contributed by atoms with Gasteiger partial charge in [0.15, 0.2) is 0 Å². The van der Waals surface area contributed by atoms with Gasteiger partial charge in [0, 0.05) is 5.92 Å². The Morgan fingerprint density at radius 2 is 2.13 bits per heavy atom. The third-order valence-electron chi connectivity index (χ3n) is 2.82. The summed E-state index contributed by atoms with van der Waals surface area (Å²) in [6, 6.07) is 0. The van der Waals surface area contributed by atoms with E-state index < -0.39 is 0 Å². The van der Waals surface area contributed by atoms with Crippen molar-refractivity contribution < 1.29 is 4.84 Å². The van der Waals surface area contributed by atoms with Crippen molar-refractivity contribution in [2.45, 2.75) is 46.0 Å². The fourth-order valence-electron chi connectivity index (χ4n) is 2.13. The molecular weight excluding hydrogens is 186 g/mol. The van der Waals surface area contributed by atoms with Crippen LogP contribution in [0.4, 0.5) is 0 Å². The first-order chi connectivity index (χ1) is 7.24. The first kappa shape index (κ1) is 12.3. The summed E-state index contributed by atoms with van der Waals surface area (Å²) in [6.07, 6.45) is 8.10. The third-order valence-corrected chi connectivity index (χ3v) is 2.82. The van der Waals surface area contributed by atoms with E-state index in [0.717, 1.165) is 6.42 Å². The monoisotopic (exact) mass is 209 g/mol. The lowest BCUT2D eigenvalue weighted by molar-refractivity contribution is 0.171. The van der Waals surface area contributed by atoms with E-state index >= 15 is 0 Å².